The van der Waals surface area contributed by atoms with Crippen molar-refractivity contribution in [3.63, 3.8) is 0 Å². The van der Waals surface area contributed by atoms with E-state index in [9.17, 15) is 0 Å². The van der Waals surface area contributed by atoms with E-state index in [0.29, 0.717) is 22.3 Å². The Bertz CT molecular complexity index is 1450. The fraction of sp³-hybridized carbons (Fsp3) is 0.0769. The molecule has 3 aromatic carbocycles. The highest BCUT2D eigenvalue weighted by Crippen LogP contribution is 2.32. The number of fused-ring (bicyclic) bond motifs is 2. The average Bonchev–Trinajstić information content (AvgIpc) is 3.22. The summed E-state index contributed by atoms with van der Waals surface area (Å²) in [6, 6.07) is 27.0. The van der Waals surface area contributed by atoms with Gasteiger partial charge >= 0.3 is 0 Å². The van der Waals surface area contributed by atoms with Crippen molar-refractivity contribution in [3.05, 3.63) is 89.4 Å². The average molecular weight is 425 g/mol. The minimum Gasteiger partial charge on any atom is -0.457 e. The lowest BCUT2D eigenvalue weighted by molar-refractivity contribution is 0.483. The summed E-state index contributed by atoms with van der Waals surface area (Å²) < 4.78 is 12.0. The third kappa shape index (κ3) is 3.84. The van der Waals surface area contributed by atoms with Crippen molar-refractivity contribution >= 4 is 33.5 Å². The van der Waals surface area contributed by atoms with Crippen LogP contribution < -0.4 is 4.74 Å². The predicted molar refractivity (Wildman–Crippen MR) is 123 cm³/mol. The molecule has 2 aromatic heterocycles. The fourth-order valence-corrected chi connectivity index (χ4v) is 3.64. The molecule has 0 fully saturated rings. The molecule has 1 unspecified atom stereocenters. The fourth-order valence-electron chi connectivity index (χ4n) is 3.47. The summed E-state index contributed by atoms with van der Waals surface area (Å²) in [5, 5.41) is 11.6. The van der Waals surface area contributed by atoms with Crippen LogP contribution >= 0.6 is 11.6 Å². The van der Waals surface area contributed by atoms with Crippen LogP contribution in [0.5, 0.6) is 11.5 Å². The molecule has 0 aliphatic heterocycles. The first-order valence-corrected chi connectivity index (χ1v) is 10.2. The highest BCUT2D eigenvalue weighted by molar-refractivity contribution is 6.31. The van der Waals surface area contributed by atoms with Crippen molar-refractivity contribution in [2.45, 2.75) is 12.8 Å². The maximum absolute atomic E-state index is 9.04. The largest absolute Gasteiger partial charge is 0.457 e. The van der Waals surface area contributed by atoms with Crippen molar-refractivity contribution < 1.29 is 9.15 Å². The van der Waals surface area contributed by atoms with E-state index in [4.69, 9.17) is 26.0 Å². The molecule has 31 heavy (non-hydrogen) atoms. The van der Waals surface area contributed by atoms with Gasteiger partial charge in [-0.15, -0.1) is 0 Å². The first-order valence-electron chi connectivity index (χ1n) is 9.87. The lowest BCUT2D eigenvalue weighted by Gasteiger charge is -2.07. The van der Waals surface area contributed by atoms with Gasteiger partial charge in [0.15, 0.2) is 5.76 Å². The monoisotopic (exact) mass is 424 g/mol. The lowest BCUT2D eigenvalue weighted by atomic mass is 10.0. The number of pyridine rings is 1. The first kappa shape index (κ1) is 19.2. The van der Waals surface area contributed by atoms with Gasteiger partial charge in [-0.2, -0.15) is 5.26 Å². The van der Waals surface area contributed by atoms with E-state index in [1.807, 2.05) is 85.8 Å². The first-order chi connectivity index (χ1) is 15.1. The summed E-state index contributed by atoms with van der Waals surface area (Å²) in [6.07, 6.45) is 0. The Morgan fingerprint density at radius 1 is 0.903 bits per heavy atom. The number of furan rings is 1. The van der Waals surface area contributed by atoms with Crippen LogP contribution in [0.2, 0.25) is 5.02 Å². The van der Waals surface area contributed by atoms with Gasteiger partial charge in [-0.3, -0.25) is 0 Å². The molecule has 0 radical (unpaired) electrons. The molecule has 0 N–H and O–H groups in total. The molecule has 5 heteroatoms. The van der Waals surface area contributed by atoms with Crippen LogP contribution in [0.25, 0.3) is 33.3 Å². The minimum absolute atomic E-state index is 0.144. The van der Waals surface area contributed by atoms with Gasteiger partial charge in [0, 0.05) is 15.8 Å². The number of benzene rings is 3. The molecule has 2 heterocycles. The molecule has 0 saturated carbocycles. The molecule has 4 nitrogen and oxygen atoms in total. The zero-order valence-corrected chi connectivity index (χ0v) is 17.4. The predicted octanol–water partition coefficient (Wildman–Crippen LogP) is 7.72. The standard InChI is InChI=1S/C26H17ClN2O2/c1-16(15-28)17-3-7-21(8-4-17)30-22-9-11-25-19(12-22)13-26(31-25)23-10-5-18-2-6-20(27)14-24(18)29-23/h2-14,16H,1H3. The molecule has 150 valence electrons. The van der Waals surface area contributed by atoms with E-state index in [2.05, 4.69) is 11.1 Å². The van der Waals surface area contributed by atoms with Gasteiger partial charge in [-0.1, -0.05) is 35.9 Å². The van der Waals surface area contributed by atoms with E-state index in [0.717, 1.165) is 33.1 Å². The zero-order valence-electron chi connectivity index (χ0n) is 16.7. The van der Waals surface area contributed by atoms with Crippen molar-refractivity contribution in [1.29, 1.82) is 5.26 Å². The second-order valence-corrected chi connectivity index (χ2v) is 7.80. The van der Waals surface area contributed by atoms with E-state index >= 15 is 0 Å². The maximum Gasteiger partial charge on any atom is 0.153 e. The zero-order chi connectivity index (χ0) is 21.4. The summed E-state index contributed by atoms with van der Waals surface area (Å²) in [5.74, 6) is 1.96. The van der Waals surface area contributed by atoms with E-state index in [1.54, 1.807) is 0 Å². The second kappa shape index (κ2) is 7.79. The van der Waals surface area contributed by atoms with Crippen LogP contribution in [-0.4, -0.2) is 4.98 Å². The number of hydrogen-bond donors (Lipinski definition) is 0. The normalized spacial score (nSPS) is 12.0. The van der Waals surface area contributed by atoms with Crippen LogP contribution in [0.4, 0.5) is 0 Å². The van der Waals surface area contributed by atoms with Crippen molar-refractivity contribution in [2.24, 2.45) is 0 Å². The molecule has 0 amide bonds. The Morgan fingerprint density at radius 2 is 1.68 bits per heavy atom. The molecular formula is C26H17ClN2O2. The van der Waals surface area contributed by atoms with Gasteiger partial charge in [0.2, 0.25) is 0 Å². The number of hydrogen-bond acceptors (Lipinski definition) is 4. The Labute approximate surface area is 184 Å². The Balaban J connectivity index is 1.43. The topological polar surface area (TPSA) is 59.0 Å². The third-order valence-electron chi connectivity index (χ3n) is 5.20. The van der Waals surface area contributed by atoms with Crippen LogP contribution in [-0.2, 0) is 0 Å². The van der Waals surface area contributed by atoms with Crippen LogP contribution in [0, 0.1) is 11.3 Å². The Hall–Kier alpha value is -3.81. The number of nitriles is 1. The van der Waals surface area contributed by atoms with Gasteiger partial charge < -0.3 is 9.15 Å². The number of rotatable bonds is 4. The van der Waals surface area contributed by atoms with Gasteiger partial charge in [-0.25, -0.2) is 4.98 Å². The number of aromatic nitrogens is 1. The molecule has 0 aliphatic rings. The van der Waals surface area contributed by atoms with Crippen molar-refractivity contribution in [1.82, 2.24) is 4.98 Å². The Morgan fingerprint density at radius 3 is 2.48 bits per heavy atom. The van der Waals surface area contributed by atoms with Gasteiger partial charge in [0.1, 0.15) is 22.8 Å². The summed E-state index contributed by atoms with van der Waals surface area (Å²) in [7, 11) is 0. The molecule has 0 bridgehead atoms. The van der Waals surface area contributed by atoms with E-state index < -0.39 is 0 Å². The summed E-state index contributed by atoms with van der Waals surface area (Å²) in [6.45, 7) is 1.87. The van der Waals surface area contributed by atoms with Crippen molar-refractivity contribution in [2.75, 3.05) is 0 Å². The van der Waals surface area contributed by atoms with Gasteiger partial charge in [0.25, 0.3) is 0 Å². The summed E-state index contributed by atoms with van der Waals surface area (Å²) >= 11 is 6.11. The minimum atomic E-state index is -0.144. The van der Waals surface area contributed by atoms with E-state index in [-0.39, 0.29) is 5.92 Å². The molecule has 5 aromatic rings. The molecule has 5 rings (SSSR count). The third-order valence-corrected chi connectivity index (χ3v) is 5.44. The molecule has 0 saturated heterocycles. The number of nitrogens with zero attached hydrogens (tertiary/aromatic N) is 2. The van der Waals surface area contributed by atoms with Gasteiger partial charge in [0.05, 0.1) is 17.5 Å². The SMILES string of the molecule is CC(C#N)c1ccc(Oc2ccc3oc(-c4ccc5ccc(Cl)cc5n4)cc3c2)cc1. The quantitative estimate of drug-likeness (QED) is 0.296. The van der Waals surface area contributed by atoms with Crippen LogP contribution in [0.3, 0.4) is 0 Å². The molecule has 1 atom stereocenters. The number of halogens is 1. The second-order valence-electron chi connectivity index (χ2n) is 7.37. The molecular weight excluding hydrogens is 408 g/mol. The maximum atomic E-state index is 9.04. The Kier molecular flexibility index (Phi) is 4.82. The molecule has 0 aliphatic carbocycles. The summed E-state index contributed by atoms with van der Waals surface area (Å²) in [5.41, 5.74) is 3.29. The summed E-state index contributed by atoms with van der Waals surface area (Å²) in [4.78, 5) is 4.69. The van der Waals surface area contributed by atoms with Crippen LogP contribution in [0.15, 0.2) is 83.3 Å². The van der Waals surface area contributed by atoms with Crippen molar-refractivity contribution in [3.8, 4) is 29.0 Å². The lowest BCUT2D eigenvalue weighted by Crippen LogP contribution is -1.89. The number of ether oxygens (including phenoxy) is 1. The highest BCUT2D eigenvalue weighted by atomic mass is 35.5. The smallest absolute Gasteiger partial charge is 0.153 e. The van der Waals surface area contributed by atoms with E-state index in [1.165, 1.54) is 0 Å². The van der Waals surface area contributed by atoms with Crippen LogP contribution in [0.1, 0.15) is 18.4 Å². The van der Waals surface area contributed by atoms with Gasteiger partial charge in [-0.05, 0) is 67.1 Å². The molecule has 0 spiro atoms. The highest BCUT2D eigenvalue weighted by Gasteiger charge is 2.10.